The van der Waals surface area contributed by atoms with E-state index < -0.39 is 8.32 Å². The maximum absolute atomic E-state index is 7.80. The van der Waals surface area contributed by atoms with Gasteiger partial charge in [0.25, 0.3) is 0 Å². The summed E-state index contributed by atoms with van der Waals surface area (Å²) in [4.78, 5) is 0. The van der Waals surface area contributed by atoms with Crippen molar-refractivity contribution in [1.82, 2.24) is 0 Å². The van der Waals surface area contributed by atoms with Crippen molar-refractivity contribution in [2.24, 2.45) is 0 Å². The Bertz CT molecular complexity index is 388. The minimum atomic E-state index is -1.68. The molecule has 0 radical (unpaired) electrons. The molecule has 0 aliphatic carbocycles. The molecule has 1 aromatic rings. The average Bonchev–Trinajstić information content (AvgIpc) is 2.44. The molecule has 0 fully saturated rings. The minimum Gasteiger partial charge on any atom is -0.543 e. The van der Waals surface area contributed by atoms with Crippen LogP contribution in [0, 0.1) is 0 Å². The number of benzene rings is 1. The Morgan fingerprint density at radius 1 is 1.11 bits per heavy atom. The molecule has 0 bridgehead atoms. The van der Waals surface area contributed by atoms with Crippen molar-refractivity contribution < 1.29 is 5.80 Å². The van der Waals surface area contributed by atoms with Crippen molar-refractivity contribution >= 4 is 14.1 Å². The summed E-state index contributed by atoms with van der Waals surface area (Å²) >= 11 is 0. The monoisotopic (exact) mass is 263 g/mol. The van der Waals surface area contributed by atoms with Crippen LogP contribution in [0.1, 0.15) is 41.0 Å². The molecule has 2 heteroatoms. The predicted molar refractivity (Wildman–Crippen MR) is 83.0 cm³/mol. The van der Waals surface area contributed by atoms with E-state index in [1.54, 1.807) is 0 Å². The third-order valence-electron chi connectivity index (χ3n) is 3.64. The van der Waals surface area contributed by atoms with Crippen LogP contribution in [0.15, 0.2) is 36.4 Å². The van der Waals surface area contributed by atoms with E-state index in [1.807, 2.05) is 31.2 Å². The molecule has 1 nitrogen and oxygen atoms in total. The molecular formula is C16H26OSi. The van der Waals surface area contributed by atoms with Crippen molar-refractivity contribution in [3.8, 4) is 0 Å². The van der Waals surface area contributed by atoms with Gasteiger partial charge in [-0.15, -0.1) is 0 Å². The van der Waals surface area contributed by atoms with Crippen LogP contribution in [-0.2, 0) is 4.43 Å². The number of hydrogen-bond acceptors (Lipinski definition) is 1. The summed E-state index contributed by atoms with van der Waals surface area (Å²) in [6.07, 6.45) is 1.69. The van der Waals surface area contributed by atoms with E-state index in [0.717, 1.165) is 29.5 Å². The van der Waals surface area contributed by atoms with E-state index in [2.05, 4.69) is 32.9 Å². The highest BCUT2D eigenvalue weighted by Crippen LogP contribution is 2.29. The van der Waals surface area contributed by atoms with Crippen molar-refractivity contribution in [3.63, 3.8) is 0 Å². The van der Waals surface area contributed by atoms with Gasteiger partial charge in [0.1, 0.15) is 5.76 Å². The maximum Gasteiger partial charge on any atom is 0.250 e. The van der Waals surface area contributed by atoms with E-state index in [4.69, 9.17) is 5.80 Å². The molecule has 1 atom stereocenters. The Kier molecular flexibility index (Phi) is 5.53. The molecule has 1 aromatic carbocycles. The van der Waals surface area contributed by atoms with E-state index in [-0.39, 0.29) is 6.40 Å². The molecule has 0 aliphatic heterocycles. The minimum absolute atomic E-state index is 0.243. The summed E-state index contributed by atoms with van der Waals surface area (Å²) in [5.41, 5.74) is 1.09. The lowest BCUT2D eigenvalue weighted by atomic mass is 10.2. The summed E-state index contributed by atoms with van der Waals surface area (Å²) in [6, 6.07) is 13.5. The Morgan fingerprint density at radius 3 is 2.11 bits per heavy atom. The van der Waals surface area contributed by atoms with E-state index in [9.17, 15) is 0 Å². The SMILES string of the molecule is [2H]C(C)/C=C(\O[Si](CC)(CC)CC)c1ccccc1. The van der Waals surface area contributed by atoms with Gasteiger partial charge in [-0.2, -0.15) is 0 Å². The quantitative estimate of drug-likeness (QED) is 0.469. The Labute approximate surface area is 114 Å². The predicted octanol–water partition coefficient (Wildman–Crippen LogP) is 5.46. The first-order valence-electron chi connectivity index (χ1n) is 7.53. The molecule has 0 saturated carbocycles. The van der Waals surface area contributed by atoms with Gasteiger partial charge >= 0.3 is 0 Å². The van der Waals surface area contributed by atoms with Gasteiger partial charge in [-0.25, -0.2) is 0 Å². The highest BCUT2D eigenvalue weighted by molar-refractivity contribution is 6.74. The van der Waals surface area contributed by atoms with Gasteiger partial charge < -0.3 is 4.43 Å². The summed E-state index contributed by atoms with van der Waals surface area (Å²) in [5.74, 6) is 0.903. The fourth-order valence-electron chi connectivity index (χ4n) is 2.14. The molecule has 1 unspecified atom stereocenters. The molecule has 0 N–H and O–H groups in total. The van der Waals surface area contributed by atoms with Crippen LogP contribution in [0.4, 0.5) is 0 Å². The molecule has 0 aromatic heterocycles. The summed E-state index contributed by atoms with van der Waals surface area (Å²) in [5, 5.41) is 0. The zero-order valence-corrected chi connectivity index (χ0v) is 13.1. The summed E-state index contributed by atoms with van der Waals surface area (Å²) in [6.45, 7) is 8.56. The standard InChI is InChI=1S/C16H26OSi/c1-5-12-16(15-13-10-9-11-14-15)17-18(6-2,7-3)8-4/h9-14H,5-8H2,1-4H3/b16-12-/i5D. The van der Waals surface area contributed by atoms with E-state index in [0.29, 0.717) is 0 Å². The fraction of sp³-hybridized carbons (Fsp3) is 0.500. The number of rotatable bonds is 7. The van der Waals surface area contributed by atoms with E-state index >= 15 is 0 Å². The lowest BCUT2D eigenvalue weighted by Crippen LogP contribution is -2.35. The zero-order valence-electron chi connectivity index (χ0n) is 13.1. The smallest absolute Gasteiger partial charge is 0.250 e. The fourth-order valence-corrected chi connectivity index (χ4v) is 4.73. The van der Waals surface area contributed by atoms with Crippen molar-refractivity contribution in [2.75, 3.05) is 0 Å². The molecule has 0 heterocycles. The first kappa shape index (κ1) is 13.4. The molecule has 0 saturated heterocycles. The molecule has 18 heavy (non-hydrogen) atoms. The average molecular weight is 263 g/mol. The van der Waals surface area contributed by atoms with Gasteiger partial charge in [-0.05, 0) is 30.6 Å². The van der Waals surface area contributed by atoms with Gasteiger partial charge in [0.2, 0.25) is 8.32 Å². The lowest BCUT2D eigenvalue weighted by molar-refractivity contribution is 0.489. The molecule has 100 valence electrons. The summed E-state index contributed by atoms with van der Waals surface area (Å²) in [7, 11) is -1.68. The second-order valence-corrected chi connectivity index (χ2v) is 9.27. The van der Waals surface area contributed by atoms with Gasteiger partial charge in [0.15, 0.2) is 0 Å². The number of allylic oxidation sites excluding steroid dienone is 1. The van der Waals surface area contributed by atoms with Crippen molar-refractivity contribution in [3.05, 3.63) is 42.0 Å². The molecule has 0 spiro atoms. The Morgan fingerprint density at radius 2 is 1.67 bits per heavy atom. The summed E-state index contributed by atoms with van der Waals surface area (Å²) < 4.78 is 14.3. The van der Waals surface area contributed by atoms with Gasteiger partial charge in [-0.1, -0.05) is 58.0 Å². The first-order valence-corrected chi connectivity index (χ1v) is 9.48. The van der Waals surface area contributed by atoms with Crippen LogP contribution in [-0.4, -0.2) is 8.32 Å². The molecule has 0 amide bonds. The van der Waals surface area contributed by atoms with Crippen molar-refractivity contribution in [2.45, 2.75) is 52.2 Å². The lowest BCUT2D eigenvalue weighted by Gasteiger charge is -2.30. The molecular weight excluding hydrogens is 236 g/mol. The van der Waals surface area contributed by atoms with Crippen LogP contribution in [0.2, 0.25) is 18.1 Å². The Balaban J connectivity index is 3.07. The molecule has 0 aliphatic rings. The van der Waals surface area contributed by atoms with Gasteiger partial charge in [0, 0.05) is 6.93 Å². The van der Waals surface area contributed by atoms with Crippen LogP contribution in [0.3, 0.4) is 0 Å². The highest BCUT2D eigenvalue weighted by atomic mass is 28.4. The normalized spacial score (nSPS) is 15.1. The third kappa shape index (κ3) is 3.74. The second kappa shape index (κ2) is 7.42. The van der Waals surface area contributed by atoms with Gasteiger partial charge in [-0.3, -0.25) is 0 Å². The third-order valence-corrected chi connectivity index (χ3v) is 8.15. The van der Waals surface area contributed by atoms with Crippen molar-refractivity contribution in [1.29, 1.82) is 0 Å². The van der Waals surface area contributed by atoms with Crippen LogP contribution < -0.4 is 0 Å². The zero-order chi connectivity index (χ0) is 14.3. The van der Waals surface area contributed by atoms with Crippen LogP contribution >= 0.6 is 0 Å². The number of hydrogen-bond donors (Lipinski definition) is 0. The molecule has 1 rings (SSSR count). The Hall–Kier alpha value is -1.02. The van der Waals surface area contributed by atoms with E-state index in [1.165, 1.54) is 0 Å². The topological polar surface area (TPSA) is 9.23 Å². The first-order chi connectivity index (χ1) is 9.06. The van der Waals surface area contributed by atoms with Crippen LogP contribution in [0.5, 0.6) is 0 Å². The second-order valence-electron chi connectivity index (χ2n) is 4.58. The largest absolute Gasteiger partial charge is 0.543 e. The van der Waals surface area contributed by atoms with Gasteiger partial charge in [0.05, 0.1) is 0 Å². The maximum atomic E-state index is 7.80. The highest BCUT2D eigenvalue weighted by Gasteiger charge is 2.31. The van der Waals surface area contributed by atoms with Crippen LogP contribution in [0.25, 0.3) is 5.76 Å².